The first-order chi connectivity index (χ1) is 8.25. The molecule has 0 aliphatic carbocycles. The summed E-state index contributed by atoms with van der Waals surface area (Å²) in [6.45, 7) is 0. The minimum atomic E-state index is 0. The fourth-order valence-corrected chi connectivity index (χ4v) is 1.43. The number of hydrogen-bond acceptors (Lipinski definition) is 3. The second kappa shape index (κ2) is 6.77. The van der Waals surface area contributed by atoms with Gasteiger partial charge in [-0.15, -0.1) is 12.4 Å². The van der Waals surface area contributed by atoms with E-state index in [9.17, 15) is 0 Å². The molecule has 2 aromatic carbocycles. The summed E-state index contributed by atoms with van der Waals surface area (Å²) in [4.78, 5) is 2.05. The topological polar surface area (TPSA) is 28.0 Å². The van der Waals surface area contributed by atoms with E-state index in [2.05, 4.69) is 15.1 Å². The lowest BCUT2D eigenvalue weighted by atomic mass is 10.3. The summed E-state index contributed by atoms with van der Waals surface area (Å²) in [7, 11) is 4.03. The van der Waals surface area contributed by atoms with Crippen LogP contribution >= 0.6 is 12.4 Å². The molecule has 0 saturated carbocycles. The Labute approximate surface area is 114 Å². The van der Waals surface area contributed by atoms with Crippen molar-refractivity contribution in [2.45, 2.75) is 0 Å². The maximum absolute atomic E-state index is 4.18. The molecule has 0 N–H and O–H groups in total. The molecule has 2 aromatic rings. The molecule has 4 heteroatoms. The van der Waals surface area contributed by atoms with E-state index in [1.54, 1.807) is 0 Å². The number of benzene rings is 2. The highest BCUT2D eigenvalue weighted by Gasteiger charge is 1.94. The van der Waals surface area contributed by atoms with Crippen molar-refractivity contribution in [2.75, 3.05) is 19.0 Å². The Kier molecular flexibility index (Phi) is 5.33. The molecule has 0 bridgehead atoms. The molecule has 0 saturated heterocycles. The van der Waals surface area contributed by atoms with Gasteiger partial charge in [0.15, 0.2) is 0 Å². The first-order valence-corrected chi connectivity index (χ1v) is 5.50. The van der Waals surface area contributed by atoms with Gasteiger partial charge < -0.3 is 4.90 Å². The average molecular weight is 262 g/mol. The normalized spacial score (nSPS) is 10.1. The molecule has 0 radical (unpaired) electrons. The van der Waals surface area contributed by atoms with Crippen LogP contribution in [-0.2, 0) is 0 Å². The van der Waals surface area contributed by atoms with E-state index >= 15 is 0 Å². The summed E-state index contributed by atoms with van der Waals surface area (Å²) in [5.41, 5.74) is 2.88. The number of hydrogen-bond donors (Lipinski definition) is 0. The third kappa shape index (κ3) is 3.86. The van der Waals surface area contributed by atoms with Gasteiger partial charge in [-0.2, -0.15) is 10.2 Å². The molecule has 2 rings (SSSR count). The molecular formula is C14H16ClN3. The molecule has 0 spiro atoms. The molecule has 0 aliphatic heterocycles. The predicted octanol–water partition coefficient (Wildman–Crippen LogP) is 4.59. The van der Waals surface area contributed by atoms with Crippen LogP contribution < -0.4 is 4.90 Å². The van der Waals surface area contributed by atoms with Gasteiger partial charge in [0.25, 0.3) is 0 Å². The molecule has 0 fully saturated rings. The monoisotopic (exact) mass is 261 g/mol. The van der Waals surface area contributed by atoms with Crippen LogP contribution in [0, 0.1) is 0 Å². The summed E-state index contributed by atoms with van der Waals surface area (Å²) in [5, 5.41) is 8.35. The molecule has 0 heterocycles. The van der Waals surface area contributed by atoms with Crippen molar-refractivity contribution in [3.8, 4) is 0 Å². The van der Waals surface area contributed by atoms with Crippen LogP contribution in [0.25, 0.3) is 0 Å². The van der Waals surface area contributed by atoms with Gasteiger partial charge in [0.2, 0.25) is 0 Å². The van der Waals surface area contributed by atoms with E-state index in [4.69, 9.17) is 0 Å². The number of rotatable bonds is 3. The fourth-order valence-electron chi connectivity index (χ4n) is 1.43. The lowest BCUT2D eigenvalue weighted by Gasteiger charge is -2.11. The smallest absolute Gasteiger partial charge is 0.0858 e. The standard InChI is InChI=1S/C14H15N3.ClH/c1-17(2)14-10-8-13(9-11-14)16-15-12-6-4-3-5-7-12;/h3-11H,1-2H3;1H. The molecule has 0 atom stereocenters. The molecule has 18 heavy (non-hydrogen) atoms. The van der Waals surface area contributed by atoms with Gasteiger partial charge in [-0.3, -0.25) is 0 Å². The van der Waals surface area contributed by atoms with Crippen LogP contribution in [-0.4, -0.2) is 14.1 Å². The van der Waals surface area contributed by atoms with Crippen LogP contribution in [0.5, 0.6) is 0 Å². The van der Waals surface area contributed by atoms with Gasteiger partial charge in [-0.05, 0) is 36.4 Å². The van der Waals surface area contributed by atoms with E-state index in [0.717, 1.165) is 17.1 Å². The van der Waals surface area contributed by atoms with Crippen LogP contribution in [0.3, 0.4) is 0 Å². The fraction of sp³-hybridized carbons (Fsp3) is 0.143. The average Bonchev–Trinajstić information content (AvgIpc) is 2.38. The Bertz CT molecular complexity index is 492. The SMILES string of the molecule is CN(C)c1ccc(N=Nc2ccccc2)cc1.Cl. The molecule has 0 unspecified atom stereocenters. The first kappa shape index (κ1) is 14.2. The van der Waals surface area contributed by atoms with Crippen molar-refractivity contribution in [2.24, 2.45) is 10.2 Å². The summed E-state index contributed by atoms with van der Waals surface area (Å²) in [6.07, 6.45) is 0. The summed E-state index contributed by atoms with van der Waals surface area (Å²) in [5.74, 6) is 0. The highest BCUT2D eigenvalue weighted by Crippen LogP contribution is 2.20. The Morgan fingerprint density at radius 1 is 0.722 bits per heavy atom. The van der Waals surface area contributed by atoms with Crippen molar-refractivity contribution in [3.05, 3.63) is 54.6 Å². The lowest BCUT2D eigenvalue weighted by Crippen LogP contribution is -2.07. The maximum Gasteiger partial charge on any atom is 0.0858 e. The van der Waals surface area contributed by atoms with Gasteiger partial charge in [0, 0.05) is 19.8 Å². The van der Waals surface area contributed by atoms with Crippen molar-refractivity contribution < 1.29 is 0 Å². The number of anilines is 1. The number of halogens is 1. The number of azo groups is 1. The zero-order valence-electron chi connectivity index (χ0n) is 10.4. The van der Waals surface area contributed by atoms with Crippen LogP contribution in [0.2, 0.25) is 0 Å². The van der Waals surface area contributed by atoms with Crippen molar-refractivity contribution >= 4 is 29.5 Å². The molecule has 0 amide bonds. The van der Waals surface area contributed by atoms with Gasteiger partial charge in [-0.25, -0.2) is 0 Å². The quantitative estimate of drug-likeness (QED) is 0.743. The second-order valence-corrected chi connectivity index (χ2v) is 3.95. The molecule has 0 aliphatic rings. The van der Waals surface area contributed by atoms with Gasteiger partial charge in [0.05, 0.1) is 11.4 Å². The third-order valence-corrected chi connectivity index (χ3v) is 2.40. The van der Waals surface area contributed by atoms with Crippen LogP contribution in [0.1, 0.15) is 0 Å². The van der Waals surface area contributed by atoms with E-state index in [-0.39, 0.29) is 12.4 Å². The van der Waals surface area contributed by atoms with Crippen molar-refractivity contribution in [1.29, 1.82) is 0 Å². The third-order valence-electron chi connectivity index (χ3n) is 2.40. The van der Waals surface area contributed by atoms with Gasteiger partial charge in [-0.1, -0.05) is 18.2 Å². The van der Waals surface area contributed by atoms with Crippen molar-refractivity contribution in [1.82, 2.24) is 0 Å². The Morgan fingerprint density at radius 3 is 1.72 bits per heavy atom. The minimum absolute atomic E-state index is 0. The summed E-state index contributed by atoms with van der Waals surface area (Å²) in [6, 6.07) is 17.7. The van der Waals surface area contributed by atoms with E-state index in [0.29, 0.717) is 0 Å². The summed E-state index contributed by atoms with van der Waals surface area (Å²) >= 11 is 0. The highest BCUT2D eigenvalue weighted by molar-refractivity contribution is 5.85. The van der Waals surface area contributed by atoms with E-state index in [1.807, 2.05) is 68.7 Å². The minimum Gasteiger partial charge on any atom is -0.378 e. The van der Waals surface area contributed by atoms with Gasteiger partial charge >= 0.3 is 0 Å². The first-order valence-electron chi connectivity index (χ1n) is 5.50. The zero-order chi connectivity index (χ0) is 12.1. The van der Waals surface area contributed by atoms with Crippen LogP contribution in [0.4, 0.5) is 17.1 Å². The summed E-state index contributed by atoms with van der Waals surface area (Å²) < 4.78 is 0. The molecular weight excluding hydrogens is 246 g/mol. The second-order valence-electron chi connectivity index (χ2n) is 3.95. The Hall–Kier alpha value is -1.87. The maximum atomic E-state index is 4.18. The molecule has 94 valence electrons. The van der Waals surface area contributed by atoms with E-state index in [1.165, 1.54) is 0 Å². The molecule has 0 aromatic heterocycles. The number of nitrogens with zero attached hydrogens (tertiary/aromatic N) is 3. The predicted molar refractivity (Wildman–Crippen MR) is 78.6 cm³/mol. The molecule has 3 nitrogen and oxygen atoms in total. The van der Waals surface area contributed by atoms with E-state index < -0.39 is 0 Å². The zero-order valence-corrected chi connectivity index (χ0v) is 11.3. The largest absolute Gasteiger partial charge is 0.378 e. The van der Waals surface area contributed by atoms with Crippen LogP contribution in [0.15, 0.2) is 64.8 Å². The lowest BCUT2D eigenvalue weighted by molar-refractivity contribution is 1.13. The van der Waals surface area contributed by atoms with Crippen molar-refractivity contribution in [3.63, 3.8) is 0 Å². The Morgan fingerprint density at radius 2 is 1.22 bits per heavy atom. The van der Waals surface area contributed by atoms with Gasteiger partial charge in [0.1, 0.15) is 0 Å². The highest BCUT2D eigenvalue weighted by atomic mass is 35.5. The Balaban J connectivity index is 0.00000162.